The van der Waals surface area contributed by atoms with Gasteiger partial charge in [0.05, 0.1) is 24.2 Å². The minimum atomic E-state index is 0.685. The van der Waals surface area contributed by atoms with Crippen LogP contribution >= 0.6 is 0 Å². The predicted octanol–water partition coefficient (Wildman–Crippen LogP) is 6.03. The van der Waals surface area contributed by atoms with Gasteiger partial charge in [0, 0.05) is 13.2 Å². The van der Waals surface area contributed by atoms with Gasteiger partial charge in [-0.05, 0) is 56.4 Å². The van der Waals surface area contributed by atoms with E-state index in [0.29, 0.717) is 6.61 Å². The molecule has 0 aliphatic carbocycles. The van der Waals surface area contributed by atoms with Crippen LogP contribution in [-0.4, -0.2) is 35.0 Å². The van der Waals surface area contributed by atoms with Crippen molar-refractivity contribution in [3.05, 3.63) is 36.2 Å². The predicted molar refractivity (Wildman–Crippen MR) is 118 cm³/mol. The van der Waals surface area contributed by atoms with Gasteiger partial charge in [0.25, 0.3) is 0 Å². The number of rotatable bonds is 16. The molecule has 0 aromatic carbocycles. The maximum absolute atomic E-state index is 5.76. The van der Waals surface area contributed by atoms with E-state index in [0.717, 1.165) is 61.7 Å². The van der Waals surface area contributed by atoms with Gasteiger partial charge in [0.2, 0.25) is 0 Å². The summed E-state index contributed by atoms with van der Waals surface area (Å²) >= 11 is 0. The third-order valence-corrected chi connectivity index (χ3v) is 4.85. The molecular formula is C24H37N3O2. The van der Waals surface area contributed by atoms with E-state index in [4.69, 9.17) is 9.47 Å². The van der Waals surface area contributed by atoms with Crippen molar-refractivity contribution in [3.8, 4) is 17.1 Å². The first kappa shape index (κ1) is 23.3. The summed E-state index contributed by atoms with van der Waals surface area (Å²) < 4.78 is 11.3. The van der Waals surface area contributed by atoms with Crippen LogP contribution in [0.4, 0.5) is 0 Å². The Morgan fingerprint density at radius 1 is 0.690 bits per heavy atom. The fourth-order valence-corrected chi connectivity index (χ4v) is 3.00. The standard InChI is InChI=1S/C24H37N3O2/c1-3-5-7-8-9-12-21-13-15-24(27-26-21)23-16-14-22(20-25-23)29-19-11-10-18-28-17-6-4-2/h13-16,20H,3-12,17-19H2,1-2H3. The van der Waals surface area contributed by atoms with Crippen LogP contribution in [0.1, 0.15) is 77.3 Å². The molecule has 0 N–H and O–H groups in total. The van der Waals surface area contributed by atoms with Gasteiger partial charge in [-0.15, -0.1) is 5.10 Å². The van der Waals surface area contributed by atoms with E-state index in [1.54, 1.807) is 6.20 Å². The Bertz CT molecular complexity index is 644. The molecular weight excluding hydrogens is 362 g/mol. The molecule has 5 nitrogen and oxygen atoms in total. The molecule has 2 aromatic rings. The lowest BCUT2D eigenvalue weighted by atomic mass is 10.1. The van der Waals surface area contributed by atoms with Crippen LogP contribution < -0.4 is 4.74 Å². The second-order valence-corrected chi connectivity index (χ2v) is 7.47. The van der Waals surface area contributed by atoms with Gasteiger partial charge in [-0.1, -0.05) is 46.0 Å². The van der Waals surface area contributed by atoms with Crippen molar-refractivity contribution in [1.82, 2.24) is 15.2 Å². The quantitative estimate of drug-likeness (QED) is 0.323. The lowest BCUT2D eigenvalue weighted by Crippen LogP contribution is -2.02. The summed E-state index contributed by atoms with van der Waals surface area (Å²) in [5.74, 6) is 0.789. The molecule has 2 heterocycles. The van der Waals surface area contributed by atoms with E-state index in [1.165, 1.54) is 38.5 Å². The first-order valence-electron chi connectivity index (χ1n) is 11.3. The molecule has 0 bridgehead atoms. The normalized spacial score (nSPS) is 11.0. The van der Waals surface area contributed by atoms with Crippen molar-refractivity contribution in [3.63, 3.8) is 0 Å². The average molecular weight is 400 g/mol. The van der Waals surface area contributed by atoms with Crippen LogP contribution in [0.3, 0.4) is 0 Å². The van der Waals surface area contributed by atoms with Gasteiger partial charge < -0.3 is 9.47 Å². The zero-order valence-electron chi connectivity index (χ0n) is 18.2. The summed E-state index contributed by atoms with van der Waals surface area (Å²) in [5, 5.41) is 8.70. The molecule has 0 saturated heterocycles. The van der Waals surface area contributed by atoms with Crippen LogP contribution in [0.25, 0.3) is 11.4 Å². The smallest absolute Gasteiger partial charge is 0.137 e. The molecule has 0 aliphatic rings. The van der Waals surface area contributed by atoms with Gasteiger partial charge >= 0.3 is 0 Å². The fourth-order valence-electron chi connectivity index (χ4n) is 3.00. The third-order valence-electron chi connectivity index (χ3n) is 4.85. The Hall–Kier alpha value is -2.01. The lowest BCUT2D eigenvalue weighted by Gasteiger charge is -2.07. The SMILES string of the molecule is CCCCCCCc1ccc(-c2ccc(OCCCCOCCCC)cn2)nn1. The third kappa shape index (κ3) is 9.84. The lowest BCUT2D eigenvalue weighted by molar-refractivity contribution is 0.123. The minimum Gasteiger partial charge on any atom is -0.492 e. The summed E-state index contributed by atoms with van der Waals surface area (Å²) in [6, 6.07) is 7.97. The number of aromatic nitrogens is 3. The van der Waals surface area contributed by atoms with Crippen molar-refractivity contribution < 1.29 is 9.47 Å². The van der Waals surface area contributed by atoms with E-state index in [9.17, 15) is 0 Å². The van der Waals surface area contributed by atoms with Gasteiger partial charge in [-0.25, -0.2) is 0 Å². The second-order valence-electron chi connectivity index (χ2n) is 7.47. The van der Waals surface area contributed by atoms with E-state index in [2.05, 4.69) is 35.1 Å². The maximum Gasteiger partial charge on any atom is 0.137 e. The van der Waals surface area contributed by atoms with Crippen molar-refractivity contribution in [2.45, 2.75) is 78.1 Å². The first-order valence-corrected chi connectivity index (χ1v) is 11.3. The van der Waals surface area contributed by atoms with Gasteiger partial charge in [-0.2, -0.15) is 5.10 Å². The van der Waals surface area contributed by atoms with E-state index >= 15 is 0 Å². The molecule has 0 saturated carbocycles. The molecule has 0 atom stereocenters. The first-order chi connectivity index (χ1) is 14.3. The van der Waals surface area contributed by atoms with Crippen LogP contribution in [0.5, 0.6) is 5.75 Å². The van der Waals surface area contributed by atoms with Crippen LogP contribution in [0, 0.1) is 0 Å². The Labute approximate surface area is 176 Å². The van der Waals surface area contributed by atoms with E-state index in [-0.39, 0.29) is 0 Å². The molecule has 0 amide bonds. The van der Waals surface area contributed by atoms with Crippen LogP contribution in [0.2, 0.25) is 0 Å². The number of hydrogen-bond donors (Lipinski definition) is 0. The summed E-state index contributed by atoms with van der Waals surface area (Å²) in [4.78, 5) is 4.47. The van der Waals surface area contributed by atoms with Crippen molar-refractivity contribution >= 4 is 0 Å². The van der Waals surface area contributed by atoms with E-state index in [1.807, 2.05) is 18.2 Å². The topological polar surface area (TPSA) is 57.1 Å². The van der Waals surface area contributed by atoms with Crippen LogP contribution in [0.15, 0.2) is 30.5 Å². The van der Waals surface area contributed by atoms with E-state index < -0.39 is 0 Å². The zero-order valence-corrected chi connectivity index (χ0v) is 18.2. The Morgan fingerprint density at radius 2 is 1.45 bits per heavy atom. The average Bonchev–Trinajstić information content (AvgIpc) is 2.76. The highest BCUT2D eigenvalue weighted by Crippen LogP contribution is 2.18. The molecule has 0 unspecified atom stereocenters. The molecule has 0 fully saturated rings. The largest absolute Gasteiger partial charge is 0.492 e. The fraction of sp³-hybridized carbons (Fsp3) is 0.625. The molecule has 0 spiro atoms. The highest BCUT2D eigenvalue weighted by Gasteiger charge is 2.04. The monoisotopic (exact) mass is 399 g/mol. The number of nitrogens with zero attached hydrogens (tertiary/aromatic N) is 3. The molecule has 5 heteroatoms. The Balaban J connectivity index is 1.67. The summed E-state index contributed by atoms with van der Waals surface area (Å²) in [5.41, 5.74) is 2.68. The zero-order chi connectivity index (χ0) is 20.6. The Morgan fingerprint density at radius 3 is 2.17 bits per heavy atom. The maximum atomic E-state index is 5.76. The summed E-state index contributed by atoms with van der Waals surface area (Å²) in [6.45, 7) is 6.78. The van der Waals surface area contributed by atoms with Gasteiger partial charge in [-0.3, -0.25) is 4.98 Å². The minimum absolute atomic E-state index is 0.685. The van der Waals surface area contributed by atoms with Gasteiger partial charge in [0.1, 0.15) is 11.4 Å². The highest BCUT2D eigenvalue weighted by molar-refractivity contribution is 5.53. The Kier molecular flexibility index (Phi) is 12.0. The van der Waals surface area contributed by atoms with Crippen molar-refractivity contribution in [1.29, 1.82) is 0 Å². The highest BCUT2D eigenvalue weighted by atomic mass is 16.5. The molecule has 29 heavy (non-hydrogen) atoms. The molecule has 0 aliphatic heterocycles. The molecule has 160 valence electrons. The van der Waals surface area contributed by atoms with Crippen molar-refractivity contribution in [2.24, 2.45) is 0 Å². The molecule has 0 radical (unpaired) electrons. The second kappa shape index (κ2) is 14.9. The summed E-state index contributed by atoms with van der Waals surface area (Å²) in [6.07, 6.45) is 13.5. The number of aryl methyl sites for hydroxylation is 1. The number of ether oxygens (including phenoxy) is 2. The number of hydrogen-bond acceptors (Lipinski definition) is 5. The van der Waals surface area contributed by atoms with Gasteiger partial charge in [0.15, 0.2) is 0 Å². The summed E-state index contributed by atoms with van der Waals surface area (Å²) in [7, 11) is 0. The number of pyridine rings is 1. The molecule has 2 aromatic heterocycles. The molecule has 2 rings (SSSR count). The van der Waals surface area contributed by atoms with Crippen molar-refractivity contribution in [2.75, 3.05) is 19.8 Å². The van der Waals surface area contributed by atoms with Crippen LogP contribution in [-0.2, 0) is 11.2 Å². The number of unbranched alkanes of at least 4 members (excludes halogenated alkanes) is 6.